The Labute approximate surface area is 144 Å². The van der Waals surface area contributed by atoms with Crippen LogP contribution in [0.2, 0.25) is 0 Å². The van der Waals surface area contributed by atoms with Crippen molar-refractivity contribution in [3.63, 3.8) is 0 Å². The molecule has 0 saturated carbocycles. The number of benzene rings is 1. The Morgan fingerprint density at radius 2 is 1.96 bits per heavy atom. The van der Waals surface area contributed by atoms with Gasteiger partial charge in [-0.25, -0.2) is 0 Å². The Morgan fingerprint density at radius 1 is 1.25 bits per heavy atom. The zero-order valence-electron chi connectivity index (χ0n) is 15.0. The van der Waals surface area contributed by atoms with E-state index in [0.717, 1.165) is 30.7 Å². The van der Waals surface area contributed by atoms with Gasteiger partial charge in [-0.15, -0.1) is 0 Å². The van der Waals surface area contributed by atoms with Crippen LogP contribution in [0.3, 0.4) is 0 Å². The topological polar surface area (TPSA) is 67.4 Å². The molecule has 1 fully saturated rings. The van der Waals surface area contributed by atoms with Gasteiger partial charge < -0.3 is 15.4 Å². The van der Waals surface area contributed by atoms with Crippen LogP contribution in [0.4, 0.5) is 5.69 Å². The molecule has 1 aliphatic heterocycles. The lowest BCUT2D eigenvalue weighted by atomic mass is 9.90. The maximum atomic E-state index is 12.6. The van der Waals surface area contributed by atoms with Crippen LogP contribution in [0.25, 0.3) is 0 Å². The molecule has 2 rings (SSSR count). The highest BCUT2D eigenvalue weighted by atomic mass is 16.5. The summed E-state index contributed by atoms with van der Waals surface area (Å²) in [6.07, 6.45) is 2.04. The number of para-hydroxylation sites is 1. The highest BCUT2D eigenvalue weighted by Crippen LogP contribution is 2.26. The predicted octanol–water partition coefficient (Wildman–Crippen LogP) is 3.07. The van der Waals surface area contributed by atoms with Gasteiger partial charge >= 0.3 is 0 Å². The highest BCUT2D eigenvalue weighted by Gasteiger charge is 2.36. The van der Waals surface area contributed by atoms with Gasteiger partial charge in [-0.05, 0) is 44.2 Å². The van der Waals surface area contributed by atoms with Crippen LogP contribution >= 0.6 is 0 Å². The molecule has 0 aromatic heterocycles. The summed E-state index contributed by atoms with van der Waals surface area (Å²) in [5, 5.41) is 5.75. The third-order valence-corrected chi connectivity index (χ3v) is 4.48. The molecule has 1 heterocycles. The molecule has 1 aromatic carbocycles. The Bertz CT molecular complexity index is 590. The van der Waals surface area contributed by atoms with Gasteiger partial charge in [0.2, 0.25) is 11.8 Å². The first-order valence-corrected chi connectivity index (χ1v) is 8.62. The van der Waals surface area contributed by atoms with Crippen molar-refractivity contribution in [3.8, 4) is 0 Å². The second-order valence-corrected chi connectivity index (χ2v) is 7.17. The maximum Gasteiger partial charge on any atom is 0.239 e. The smallest absolute Gasteiger partial charge is 0.239 e. The minimum Gasteiger partial charge on any atom is -0.376 e. The first-order valence-electron chi connectivity index (χ1n) is 8.62. The quantitative estimate of drug-likeness (QED) is 0.787. The molecule has 132 valence electrons. The summed E-state index contributed by atoms with van der Waals surface area (Å²) in [6.45, 7) is 8.64. The van der Waals surface area contributed by atoms with Gasteiger partial charge in [-0.2, -0.15) is 0 Å². The first-order chi connectivity index (χ1) is 11.3. The fourth-order valence-corrected chi connectivity index (χ4v) is 2.73. The van der Waals surface area contributed by atoms with Crippen LogP contribution < -0.4 is 10.6 Å². The summed E-state index contributed by atoms with van der Waals surface area (Å²) in [5.41, 5.74) is 0.668. The van der Waals surface area contributed by atoms with E-state index < -0.39 is 5.41 Å². The largest absolute Gasteiger partial charge is 0.376 e. The van der Waals surface area contributed by atoms with Gasteiger partial charge in [-0.1, -0.05) is 32.0 Å². The van der Waals surface area contributed by atoms with Crippen LogP contribution in [0.1, 0.15) is 52.0 Å². The van der Waals surface area contributed by atoms with Crippen molar-refractivity contribution in [3.05, 3.63) is 29.8 Å². The maximum absolute atomic E-state index is 12.6. The van der Waals surface area contributed by atoms with Crippen molar-refractivity contribution in [2.75, 3.05) is 18.5 Å². The van der Waals surface area contributed by atoms with E-state index in [1.807, 2.05) is 24.3 Å². The lowest BCUT2D eigenvalue weighted by Crippen LogP contribution is -2.47. The van der Waals surface area contributed by atoms with E-state index in [0.29, 0.717) is 6.54 Å². The van der Waals surface area contributed by atoms with Gasteiger partial charge in [-0.3, -0.25) is 9.59 Å². The second kappa shape index (κ2) is 7.79. The molecule has 1 atom stereocenters. The van der Waals surface area contributed by atoms with Crippen LogP contribution in [-0.4, -0.2) is 31.1 Å². The number of anilines is 1. The average molecular weight is 332 g/mol. The molecule has 24 heavy (non-hydrogen) atoms. The van der Waals surface area contributed by atoms with E-state index in [-0.39, 0.29) is 23.8 Å². The van der Waals surface area contributed by atoms with Crippen molar-refractivity contribution in [1.29, 1.82) is 0 Å². The minimum absolute atomic E-state index is 0.0643. The Balaban J connectivity index is 2.00. The van der Waals surface area contributed by atoms with Crippen LogP contribution in [0.5, 0.6) is 0 Å². The minimum atomic E-state index is -1.15. The molecule has 0 radical (unpaired) electrons. The Hall–Kier alpha value is -1.88. The zero-order chi connectivity index (χ0) is 17.7. The van der Waals surface area contributed by atoms with Crippen molar-refractivity contribution >= 4 is 17.5 Å². The van der Waals surface area contributed by atoms with Crippen molar-refractivity contribution in [2.24, 2.45) is 5.41 Å². The summed E-state index contributed by atoms with van der Waals surface area (Å²) >= 11 is 0. The fourth-order valence-electron chi connectivity index (χ4n) is 2.73. The fraction of sp³-hybridized carbons (Fsp3) is 0.579. The molecule has 0 spiro atoms. The summed E-state index contributed by atoms with van der Waals surface area (Å²) in [6, 6.07) is 7.69. The molecule has 1 aromatic rings. The van der Waals surface area contributed by atoms with E-state index >= 15 is 0 Å². The number of carbonyl (C=O) groups excluding carboxylic acids is 2. The second-order valence-electron chi connectivity index (χ2n) is 7.17. The van der Waals surface area contributed by atoms with Gasteiger partial charge in [0.25, 0.3) is 0 Å². The van der Waals surface area contributed by atoms with E-state index in [2.05, 4.69) is 24.5 Å². The van der Waals surface area contributed by atoms with Gasteiger partial charge in [0.15, 0.2) is 0 Å². The summed E-state index contributed by atoms with van der Waals surface area (Å²) in [5.74, 6) is -0.295. The molecule has 0 bridgehead atoms. The van der Waals surface area contributed by atoms with E-state index in [4.69, 9.17) is 4.74 Å². The molecule has 2 N–H and O–H groups in total. The summed E-state index contributed by atoms with van der Waals surface area (Å²) in [7, 11) is 0. The van der Waals surface area contributed by atoms with E-state index in [1.54, 1.807) is 13.8 Å². The number of hydrogen-bond acceptors (Lipinski definition) is 3. The normalized spacial score (nSPS) is 17.8. The molecule has 1 aliphatic rings. The number of carbonyl (C=O) groups is 2. The monoisotopic (exact) mass is 332 g/mol. The molecule has 1 saturated heterocycles. The third kappa shape index (κ3) is 4.35. The van der Waals surface area contributed by atoms with Crippen LogP contribution in [0, 0.1) is 5.41 Å². The average Bonchev–Trinajstić information content (AvgIpc) is 3.06. The van der Waals surface area contributed by atoms with Gasteiger partial charge in [0.1, 0.15) is 5.41 Å². The molecule has 5 heteroatoms. The lowest BCUT2D eigenvalue weighted by Gasteiger charge is -2.24. The predicted molar refractivity (Wildman–Crippen MR) is 94.9 cm³/mol. The third-order valence-electron chi connectivity index (χ3n) is 4.48. The highest BCUT2D eigenvalue weighted by molar-refractivity contribution is 6.10. The summed E-state index contributed by atoms with van der Waals surface area (Å²) in [4.78, 5) is 25.1. The molecule has 1 unspecified atom stereocenters. The van der Waals surface area contributed by atoms with Crippen LogP contribution in [-0.2, 0) is 14.3 Å². The molecule has 2 amide bonds. The number of hydrogen-bond donors (Lipinski definition) is 2. The number of nitrogens with one attached hydrogen (secondary N) is 2. The molecular weight excluding hydrogens is 304 g/mol. The van der Waals surface area contributed by atoms with Gasteiger partial charge in [0.05, 0.1) is 6.10 Å². The van der Waals surface area contributed by atoms with Crippen molar-refractivity contribution < 1.29 is 14.3 Å². The van der Waals surface area contributed by atoms with Crippen LogP contribution in [0.15, 0.2) is 24.3 Å². The number of rotatable bonds is 6. The standard InChI is InChI=1S/C19H28N2O3/c1-13(2)15-9-5-6-10-16(15)21-18(23)19(3,4)17(22)20-12-14-8-7-11-24-14/h5-6,9-10,13-14H,7-8,11-12H2,1-4H3,(H,20,22)(H,21,23). The van der Waals surface area contributed by atoms with E-state index in [9.17, 15) is 9.59 Å². The lowest BCUT2D eigenvalue weighted by molar-refractivity contribution is -0.138. The van der Waals surface area contributed by atoms with Crippen molar-refractivity contribution in [2.45, 2.75) is 52.6 Å². The summed E-state index contributed by atoms with van der Waals surface area (Å²) < 4.78 is 5.50. The molecular formula is C19H28N2O3. The van der Waals surface area contributed by atoms with E-state index in [1.165, 1.54) is 0 Å². The molecule has 5 nitrogen and oxygen atoms in total. The first kappa shape index (κ1) is 18.5. The Morgan fingerprint density at radius 3 is 2.58 bits per heavy atom. The zero-order valence-corrected chi connectivity index (χ0v) is 15.0. The number of amides is 2. The number of ether oxygens (including phenoxy) is 1. The van der Waals surface area contributed by atoms with Gasteiger partial charge in [0, 0.05) is 18.8 Å². The Kier molecular flexibility index (Phi) is 5.99. The SMILES string of the molecule is CC(C)c1ccccc1NC(=O)C(C)(C)C(=O)NCC1CCCO1. The molecule has 0 aliphatic carbocycles. The van der Waals surface area contributed by atoms with Crippen molar-refractivity contribution in [1.82, 2.24) is 5.32 Å².